The molecule has 0 aromatic rings. The minimum atomic E-state index is -1.58. The zero-order chi connectivity index (χ0) is 77.3. The second kappa shape index (κ2) is 56.4. The maximum atomic E-state index is 13.9. The molecule has 4 rings (SSSR count). The lowest BCUT2D eigenvalue weighted by atomic mass is 9.99. The van der Waals surface area contributed by atoms with Crippen LogP contribution in [0, 0.1) is 0 Å². The highest BCUT2D eigenvalue weighted by Gasteiger charge is 2.47. The molecule has 620 valence electrons. The van der Waals surface area contributed by atoms with Gasteiger partial charge >= 0.3 is 0 Å². The average Bonchev–Trinajstić information content (AvgIpc) is 1.33. The fraction of sp³-hybridized carbons (Fsp3) is 0.925. The van der Waals surface area contributed by atoms with Gasteiger partial charge in [0.1, 0.15) is 78.8 Å². The number of aliphatic hydroxyl groups excluding tert-OH is 13. The van der Waals surface area contributed by atoms with Gasteiger partial charge < -0.3 is 168 Å². The second-order valence-electron chi connectivity index (χ2n) is 26.0. The fourth-order valence-corrected chi connectivity index (χ4v) is 11.5. The van der Waals surface area contributed by atoms with E-state index in [2.05, 4.69) is 21.3 Å². The van der Waals surface area contributed by atoms with Crippen molar-refractivity contribution in [2.45, 2.75) is 200 Å². The lowest BCUT2D eigenvalue weighted by Crippen LogP contribution is -2.59. The third kappa shape index (κ3) is 37.5. The monoisotopic (exact) mass is 1540 g/mol. The van der Waals surface area contributed by atoms with Crippen LogP contribution < -0.4 is 21.3 Å². The molecule has 4 fully saturated rings. The number of hydrogen-bond acceptors (Lipinski definition) is 34. The number of hydrogen-bond donors (Lipinski definition) is 17. The van der Waals surface area contributed by atoms with E-state index in [0.29, 0.717) is 32.4 Å². The van der Waals surface area contributed by atoms with Gasteiger partial charge in [0, 0.05) is 65.4 Å². The molecule has 4 heterocycles. The number of ether oxygens (including phenoxy) is 16. The summed E-state index contributed by atoms with van der Waals surface area (Å²) in [6.45, 7) is -0.249. The van der Waals surface area contributed by atoms with E-state index in [1.807, 2.05) is 0 Å². The second-order valence-corrected chi connectivity index (χ2v) is 26.0. The lowest BCUT2D eigenvalue weighted by Gasteiger charge is -2.39. The zero-order valence-electron chi connectivity index (χ0n) is 61.1. The lowest BCUT2D eigenvalue weighted by molar-refractivity contribution is -0.302. The van der Waals surface area contributed by atoms with Crippen molar-refractivity contribution < 1.29 is 166 Å². The number of nitrogens with zero attached hydrogens (tertiary/aromatic N) is 1. The third-order valence-electron chi connectivity index (χ3n) is 17.5. The minimum Gasteiger partial charge on any atom is -0.394 e. The van der Waals surface area contributed by atoms with E-state index in [4.69, 9.17) is 75.8 Å². The number of amides is 5. The van der Waals surface area contributed by atoms with Crippen LogP contribution in [-0.4, -0.2) is 409 Å². The van der Waals surface area contributed by atoms with Crippen LogP contribution in [0.25, 0.3) is 0 Å². The van der Waals surface area contributed by atoms with E-state index in [1.54, 1.807) is 12.0 Å². The predicted octanol–water partition coefficient (Wildman–Crippen LogP) is -7.53. The van der Waals surface area contributed by atoms with Crippen molar-refractivity contribution in [3.05, 3.63) is 0 Å². The first-order valence-corrected chi connectivity index (χ1v) is 36.7. The van der Waals surface area contributed by atoms with Crippen molar-refractivity contribution in [3.8, 4) is 0 Å². The molecule has 0 spiro atoms. The Hall–Kier alpha value is -3.81. The molecule has 4 aliphatic heterocycles. The van der Waals surface area contributed by atoms with Gasteiger partial charge in [-0.15, -0.1) is 0 Å². The number of unbranched alkanes of at least 4 members (excludes halogenated alkanes) is 7. The number of carbonyl (C=O) groups is 5. The van der Waals surface area contributed by atoms with Gasteiger partial charge in [-0.2, -0.15) is 0 Å². The van der Waals surface area contributed by atoms with Crippen LogP contribution in [0.1, 0.15) is 89.9 Å². The summed E-state index contributed by atoms with van der Waals surface area (Å²) in [7, 11) is 1.58. The molecule has 39 nitrogen and oxygen atoms in total. The van der Waals surface area contributed by atoms with Gasteiger partial charge in [0.05, 0.1) is 177 Å². The van der Waals surface area contributed by atoms with Crippen LogP contribution in [0.3, 0.4) is 0 Å². The Morgan fingerprint density at radius 2 is 0.698 bits per heavy atom. The molecule has 0 aliphatic carbocycles. The summed E-state index contributed by atoms with van der Waals surface area (Å²) in [5.74, 6) is -1.44. The van der Waals surface area contributed by atoms with Crippen LogP contribution in [-0.2, 0) is 99.8 Å². The summed E-state index contributed by atoms with van der Waals surface area (Å²) >= 11 is 0. The standard InChI is InChI=1S/C67H123N5O34/c1-91-41-45-36-46(76)37-72(45)54(81)11-9-7-5-3-2-4-6-8-10-53(80)71-67(42-98-18-12-50(77)68-15-21-92-24-27-95-30-33-101-64-61(88)58(85)55(82)47(38-73)104-64,43-99-19-13-51(78)69-16-22-93-25-28-96-31-34-102-65-62(89)59(86)56(83)48(39-74)105-65)44-100-20-14-52(79)70-17-23-94-26-29-97-32-35-103-66-63(90)60(87)57(84)49(40-75)106-66/h45-49,55-66,73-76,82-90H,2-44H2,1H3,(H,68,77)(H,69,78)(H,70,79)(H,71,80)/t45?,46-,47?,48?,49?,55-,56-,57-,58?,59?,60?,61?,62?,63?,64+,65+,66+,67?/m1/s1. The summed E-state index contributed by atoms with van der Waals surface area (Å²) in [5.41, 5.74) is -1.40. The molecule has 4 aliphatic rings. The summed E-state index contributed by atoms with van der Waals surface area (Å²) in [6.07, 6.45) is -14.3. The van der Waals surface area contributed by atoms with E-state index >= 15 is 0 Å². The van der Waals surface area contributed by atoms with Crippen LogP contribution in [0.4, 0.5) is 0 Å². The molecule has 106 heavy (non-hydrogen) atoms. The molecule has 4 saturated heterocycles. The molecular formula is C67H123N5O34. The SMILES string of the molecule is COCC1C[C@@H](O)CN1C(=O)CCCCCCCCCCC(=O)NC(COCCC(=O)NCCOCCOCCO[C@H]1OC(CO)[C@@H](O)C(O)C1O)(COCCC(=O)NCCOCCOCCO[C@H]1OC(CO)[C@@H](O)C(O)C1O)COCCC(=O)NCCOCCOCCO[C@H]1OC(CO)[C@@H](O)C(O)C1O. The van der Waals surface area contributed by atoms with E-state index in [9.17, 15) is 90.4 Å². The van der Waals surface area contributed by atoms with Gasteiger partial charge in [0.2, 0.25) is 29.5 Å². The normalized spacial score (nSPS) is 27.5. The predicted molar refractivity (Wildman–Crippen MR) is 364 cm³/mol. The van der Waals surface area contributed by atoms with E-state index < -0.39 is 124 Å². The number of rotatable bonds is 62. The molecule has 0 aromatic carbocycles. The van der Waals surface area contributed by atoms with Gasteiger partial charge in [-0.05, 0) is 19.3 Å². The summed E-state index contributed by atoms with van der Waals surface area (Å²) in [6, 6.07) is -0.118. The molecule has 0 saturated carbocycles. The van der Waals surface area contributed by atoms with Crippen molar-refractivity contribution in [2.24, 2.45) is 0 Å². The highest BCUT2D eigenvalue weighted by Crippen LogP contribution is 2.26. The van der Waals surface area contributed by atoms with Crippen molar-refractivity contribution in [1.82, 2.24) is 26.2 Å². The molecule has 5 amide bonds. The Balaban J connectivity index is 1.25. The largest absolute Gasteiger partial charge is 0.394 e. The minimum absolute atomic E-state index is 0.0204. The van der Waals surface area contributed by atoms with Crippen molar-refractivity contribution in [1.29, 1.82) is 0 Å². The number of methoxy groups -OCH3 is 1. The Morgan fingerprint density at radius 1 is 0.377 bits per heavy atom. The Kier molecular flexibility index (Phi) is 50.3. The number of aliphatic hydroxyl groups is 13. The van der Waals surface area contributed by atoms with Gasteiger partial charge in [0.15, 0.2) is 18.9 Å². The first-order chi connectivity index (χ1) is 51.2. The summed E-state index contributed by atoms with van der Waals surface area (Å²) < 4.78 is 88.6. The van der Waals surface area contributed by atoms with Gasteiger partial charge in [-0.1, -0.05) is 38.5 Å². The molecule has 17 atom stereocenters. The van der Waals surface area contributed by atoms with Crippen LogP contribution in [0.2, 0.25) is 0 Å². The quantitative estimate of drug-likeness (QED) is 0.0252. The van der Waals surface area contributed by atoms with Gasteiger partial charge in [-0.25, -0.2) is 0 Å². The van der Waals surface area contributed by atoms with Crippen LogP contribution >= 0.6 is 0 Å². The fourth-order valence-electron chi connectivity index (χ4n) is 11.5. The maximum absolute atomic E-state index is 13.9. The molecule has 0 bridgehead atoms. The van der Waals surface area contributed by atoms with E-state index in [0.717, 1.165) is 44.9 Å². The molecule has 0 radical (unpaired) electrons. The van der Waals surface area contributed by atoms with Crippen LogP contribution in [0.5, 0.6) is 0 Å². The molecule has 17 N–H and O–H groups in total. The highest BCUT2D eigenvalue weighted by molar-refractivity contribution is 5.78. The molecule has 10 unspecified atom stereocenters. The number of carbonyl (C=O) groups excluding carboxylic acids is 5. The van der Waals surface area contributed by atoms with E-state index in [1.165, 1.54) is 0 Å². The smallest absolute Gasteiger partial charge is 0.222 e. The van der Waals surface area contributed by atoms with Crippen LogP contribution in [0.15, 0.2) is 0 Å². The maximum Gasteiger partial charge on any atom is 0.222 e. The van der Waals surface area contributed by atoms with Crippen molar-refractivity contribution in [2.75, 3.05) is 198 Å². The number of nitrogens with one attached hydrogen (secondary N) is 4. The highest BCUT2D eigenvalue weighted by atomic mass is 16.7. The van der Waals surface area contributed by atoms with E-state index in [-0.39, 0.29) is 220 Å². The molecular weight excluding hydrogens is 1420 g/mol. The first kappa shape index (κ1) is 94.6. The first-order valence-electron chi connectivity index (χ1n) is 36.7. The Bertz CT molecular complexity index is 2130. The van der Waals surface area contributed by atoms with Crippen molar-refractivity contribution >= 4 is 29.5 Å². The van der Waals surface area contributed by atoms with Gasteiger partial charge in [-0.3, -0.25) is 24.0 Å². The summed E-state index contributed by atoms with van der Waals surface area (Å²) in [5, 5.41) is 140. The third-order valence-corrected chi connectivity index (χ3v) is 17.5. The Morgan fingerprint density at radius 3 is 1.04 bits per heavy atom. The van der Waals surface area contributed by atoms with Gasteiger partial charge in [0.25, 0.3) is 0 Å². The van der Waals surface area contributed by atoms with Crippen molar-refractivity contribution in [3.63, 3.8) is 0 Å². The molecule has 0 aromatic heterocycles. The Labute approximate surface area is 618 Å². The topological polar surface area (TPSA) is 547 Å². The summed E-state index contributed by atoms with van der Waals surface area (Å²) in [4.78, 5) is 67.4. The average molecular weight is 1540 g/mol. The number of β-amino-alcohol motifs (C(OH)–C–C–N with tert-alkyl or cyclic N) is 1. The number of likely N-dealkylation sites (tertiary alicyclic amines) is 1. The zero-order valence-corrected chi connectivity index (χ0v) is 61.1. The molecule has 39 heteroatoms.